The first kappa shape index (κ1) is 19.9. The van der Waals surface area contributed by atoms with Gasteiger partial charge in [0.25, 0.3) is 0 Å². The van der Waals surface area contributed by atoms with Gasteiger partial charge in [-0.05, 0) is 24.1 Å². The van der Waals surface area contributed by atoms with E-state index in [9.17, 15) is 5.11 Å². The van der Waals surface area contributed by atoms with Gasteiger partial charge in [0, 0.05) is 59.0 Å². The standard InChI is InChI=1S/C19H30ClN3O3/c1-25-14-17-13-23(8-9-26-17)7-6-22-5-4-21-16(12-22)10-15-2-3-18(20)19(24)11-15/h2-3,11,16-17,21,24H,4-10,12-14H2,1H3/t16?,17-/m0/s1. The molecule has 146 valence electrons. The zero-order valence-corrected chi connectivity index (χ0v) is 16.2. The van der Waals surface area contributed by atoms with Gasteiger partial charge in [0.1, 0.15) is 5.75 Å². The van der Waals surface area contributed by atoms with Gasteiger partial charge in [-0.1, -0.05) is 17.7 Å². The summed E-state index contributed by atoms with van der Waals surface area (Å²) in [5, 5.41) is 13.8. The Morgan fingerprint density at radius 3 is 2.85 bits per heavy atom. The summed E-state index contributed by atoms with van der Waals surface area (Å²) < 4.78 is 10.9. The van der Waals surface area contributed by atoms with Crippen LogP contribution in [0.15, 0.2) is 18.2 Å². The van der Waals surface area contributed by atoms with E-state index in [2.05, 4.69) is 15.1 Å². The largest absolute Gasteiger partial charge is 0.506 e. The average molecular weight is 384 g/mol. The van der Waals surface area contributed by atoms with Crippen molar-refractivity contribution in [3.8, 4) is 5.75 Å². The maximum atomic E-state index is 9.78. The molecule has 0 saturated carbocycles. The van der Waals surface area contributed by atoms with E-state index in [1.54, 1.807) is 19.2 Å². The lowest BCUT2D eigenvalue weighted by Crippen LogP contribution is -2.54. The van der Waals surface area contributed by atoms with Crippen LogP contribution >= 0.6 is 11.6 Å². The predicted molar refractivity (Wildman–Crippen MR) is 103 cm³/mol. The monoisotopic (exact) mass is 383 g/mol. The summed E-state index contributed by atoms with van der Waals surface area (Å²) >= 11 is 5.90. The number of nitrogens with zero attached hydrogens (tertiary/aromatic N) is 2. The quantitative estimate of drug-likeness (QED) is 0.738. The molecular formula is C19H30ClN3O3. The smallest absolute Gasteiger partial charge is 0.134 e. The lowest BCUT2D eigenvalue weighted by Gasteiger charge is -2.37. The number of morpholine rings is 1. The first-order valence-corrected chi connectivity index (χ1v) is 9.78. The van der Waals surface area contributed by atoms with Crippen molar-refractivity contribution >= 4 is 11.6 Å². The number of hydrogen-bond acceptors (Lipinski definition) is 6. The molecule has 0 aliphatic carbocycles. The van der Waals surface area contributed by atoms with Crippen LogP contribution < -0.4 is 5.32 Å². The van der Waals surface area contributed by atoms with E-state index in [4.69, 9.17) is 21.1 Å². The number of aromatic hydroxyl groups is 1. The van der Waals surface area contributed by atoms with Gasteiger partial charge in [0.2, 0.25) is 0 Å². The van der Waals surface area contributed by atoms with Crippen molar-refractivity contribution in [1.29, 1.82) is 0 Å². The first-order chi connectivity index (χ1) is 12.6. The molecule has 0 spiro atoms. The molecule has 1 aromatic rings. The molecule has 2 fully saturated rings. The molecule has 0 amide bonds. The lowest BCUT2D eigenvalue weighted by atomic mass is 10.0. The van der Waals surface area contributed by atoms with E-state index < -0.39 is 0 Å². The molecule has 0 radical (unpaired) electrons. The maximum absolute atomic E-state index is 9.78. The summed E-state index contributed by atoms with van der Waals surface area (Å²) in [7, 11) is 1.73. The highest BCUT2D eigenvalue weighted by atomic mass is 35.5. The number of phenolic OH excluding ortho intramolecular Hbond substituents is 1. The maximum Gasteiger partial charge on any atom is 0.134 e. The summed E-state index contributed by atoms with van der Waals surface area (Å²) in [6.07, 6.45) is 1.09. The summed E-state index contributed by atoms with van der Waals surface area (Å²) in [4.78, 5) is 5.00. The molecule has 6 nitrogen and oxygen atoms in total. The third kappa shape index (κ3) is 5.81. The van der Waals surface area contributed by atoms with Crippen LogP contribution in [0.1, 0.15) is 5.56 Å². The van der Waals surface area contributed by atoms with Crippen LogP contribution in [0, 0.1) is 0 Å². The molecule has 3 rings (SSSR count). The predicted octanol–water partition coefficient (Wildman–Crippen LogP) is 1.21. The highest BCUT2D eigenvalue weighted by molar-refractivity contribution is 6.32. The van der Waals surface area contributed by atoms with E-state index >= 15 is 0 Å². The fourth-order valence-corrected chi connectivity index (χ4v) is 3.87. The Balaban J connectivity index is 1.44. The van der Waals surface area contributed by atoms with Gasteiger partial charge in [-0.2, -0.15) is 0 Å². The number of benzene rings is 1. The molecule has 2 saturated heterocycles. The normalized spacial score (nSPS) is 25.5. The van der Waals surface area contributed by atoms with Crippen LogP contribution in [-0.2, 0) is 15.9 Å². The van der Waals surface area contributed by atoms with Crippen LogP contribution in [0.3, 0.4) is 0 Å². The average Bonchev–Trinajstić information content (AvgIpc) is 2.64. The Morgan fingerprint density at radius 2 is 2.08 bits per heavy atom. The van der Waals surface area contributed by atoms with Crippen LogP contribution in [-0.4, -0.2) is 93.2 Å². The topological polar surface area (TPSA) is 57.2 Å². The fourth-order valence-electron chi connectivity index (χ4n) is 3.76. The van der Waals surface area contributed by atoms with E-state index in [1.807, 2.05) is 6.07 Å². The Labute approximate surface area is 161 Å². The number of ether oxygens (including phenoxy) is 2. The molecule has 2 aliphatic rings. The van der Waals surface area contributed by atoms with Crippen molar-refractivity contribution in [3.05, 3.63) is 28.8 Å². The van der Waals surface area contributed by atoms with Gasteiger partial charge in [0.15, 0.2) is 0 Å². The number of hydrogen-bond donors (Lipinski definition) is 2. The third-order valence-electron chi connectivity index (χ3n) is 5.14. The zero-order chi connectivity index (χ0) is 18.4. The number of nitrogens with one attached hydrogen (secondary N) is 1. The second-order valence-electron chi connectivity index (χ2n) is 7.19. The van der Waals surface area contributed by atoms with Crippen molar-refractivity contribution in [2.45, 2.75) is 18.6 Å². The highest BCUT2D eigenvalue weighted by Gasteiger charge is 2.23. The SMILES string of the molecule is COC[C@@H]1CN(CCN2CCNC(Cc3ccc(Cl)c(O)c3)C2)CCO1. The second-order valence-corrected chi connectivity index (χ2v) is 7.60. The highest BCUT2D eigenvalue weighted by Crippen LogP contribution is 2.24. The summed E-state index contributed by atoms with van der Waals surface area (Å²) in [6.45, 7) is 8.65. The molecule has 1 aromatic carbocycles. The molecule has 0 aromatic heterocycles. The Hall–Kier alpha value is -0.890. The van der Waals surface area contributed by atoms with E-state index in [-0.39, 0.29) is 11.9 Å². The molecule has 2 atom stereocenters. The number of halogens is 1. The van der Waals surface area contributed by atoms with Gasteiger partial charge >= 0.3 is 0 Å². The minimum absolute atomic E-state index is 0.162. The summed E-state index contributed by atoms with van der Waals surface area (Å²) in [6, 6.07) is 5.93. The Bertz CT molecular complexity index is 573. The second kappa shape index (κ2) is 9.88. The molecule has 0 bridgehead atoms. The Kier molecular flexibility index (Phi) is 7.54. The van der Waals surface area contributed by atoms with Gasteiger partial charge in [-0.15, -0.1) is 0 Å². The molecule has 26 heavy (non-hydrogen) atoms. The molecule has 2 aliphatic heterocycles. The fraction of sp³-hybridized carbons (Fsp3) is 0.684. The van der Waals surface area contributed by atoms with Crippen molar-refractivity contribution in [1.82, 2.24) is 15.1 Å². The van der Waals surface area contributed by atoms with E-state index in [1.165, 1.54) is 0 Å². The number of piperazine rings is 1. The molecule has 7 heteroatoms. The Morgan fingerprint density at radius 1 is 1.27 bits per heavy atom. The van der Waals surface area contributed by atoms with Crippen molar-refractivity contribution in [2.24, 2.45) is 0 Å². The number of methoxy groups -OCH3 is 1. The third-order valence-corrected chi connectivity index (χ3v) is 5.46. The molecule has 2 N–H and O–H groups in total. The van der Waals surface area contributed by atoms with Crippen LogP contribution in [0.5, 0.6) is 5.75 Å². The van der Waals surface area contributed by atoms with E-state index in [0.717, 1.165) is 64.4 Å². The van der Waals surface area contributed by atoms with Crippen molar-refractivity contribution in [3.63, 3.8) is 0 Å². The van der Waals surface area contributed by atoms with Crippen molar-refractivity contribution in [2.75, 3.05) is 66.1 Å². The van der Waals surface area contributed by atoms with E-state index in [0.29, 0.717) is 17.7 Å². The first-order valence-electron chi connectivity index (χ1n) is 9.40. The summed E-state index contributed by atoms with van der Waals surface area (Å²) in [5.74, 6) is 0.162. The summed E-state index contributed by atoms with van der Waals surface area (Å²) in [5.41, 5.74) is 1.11. The van der Waals surface area contributed by atoms with Crippen molar-refractivity contribution < 1.29 is 14.6 Å². The molecule has 1 unspecified atom stereocenters. The minimum Gasteiger partial charge on any atom is -0.506 e. The van der Waals surface area contributed by atoms with Gasteiger partial charge in [0.05, 0.1) is 24.3 Å². The molecular weight excluding hydrogens is 354 g/mol. The molecule has 2 heterocycles. The van der Waals surface area contributed by atoms with Crippen LogP contribution in [0.4, 0.5) is 0 Å². The van der Waals surface area contributed by atoms with Gasteiger partial charge < -0.3 is 19.9 Å². The number of rotatable bonds is 7. The zero-order valence-electron chi connectivity index (χ0n) is 15.5. The lowest BCUT2D eigenvalue weighted by molar-refractivity contribution is -0.0624. The number of phenols is 1. The van der Waals surface area contributed by atoms with Gasteiger partial charge in [-0.3, -0.25) is 9.80 Å². The van der Waals surface area contributed by atoms with Gasteiger partial charge in [-0.25, -0.2) is 0 Å². The van der Waals surface area contributed by atoms with Crippen LogP contribution in [0.2, 0.25) is 5.02 Å². The minimum atomic E-state index is 0.162. The van der Waals surface area contributed by atoms with Crippen LogP contribution in [0.25, 0.3) is 0 Å².